The van der Waals surface area contributed by atoms with E-state index >= 15 is 4.39 Å². The molecule has 0 spiro atoms. The molecule has 1 aromatic heterocycles. The van der Waals surface area contributed by atoms with Crippen molar-refractivity contribution >= 4 is 16.7 Å². The molecule has 1 aliphatic carbocycles. The summed E-state index contributed by atoms with van der Waals surface area (Å²) < 4.78 is 26.0. The van der Waals surface area contributed by atoms with Gasteiger partial charge in [-0.05, 0) is 48.2 Å². The molecule has 5 rings (SSSR count). The van der Waals surface area contributed by atoms with E-state index in [2.05, 4.69) is 25.8 Å². The van der Waals surface area contributed by atoms with Crippen LogP contribution in [0.5, 0.6) is 11.5 Å². The van der Waals surface area contributed by atoms with Gasteiger partial charge < -0.3 is 14.5 Å². The third kappa shape index (κ3) is 2.91. The molecule has 0 unspecified atom stereocenters. The fourth-order valence-corrected chi connectivity index (χ4v) is 4.14. The number of aromatic nitrogens is 1. The molecule has 2 aliphatic rings. The van der Waals surface area contributed by atoms with E-state index in [1.807, 2.05) is 30.3 Å². The van der Waals surface area contributed by atoms with E-state index in [-0.39, 0.29) is 31.7 Å². The zero-order valence-electron chi connectivity index (χ0n) is 16.9. The van der Waals surface area contributed by atoms with Gasteiger partial charge in [0, 0.05) is 29.9 Å². The summed E-state index contributed by atoms with van der Waals surface area (Å²) in [7, 11) is 0. The summed E-state index contributed by atoms with van der Waals surface area (Å²) in [4.78, 5) is 16.5. The standard InChI is InChI=1S/C24H24FNO3.H2/c1-23(2,3)20-12-16-17(26-20)6-4-14(22(16)25)10-21(27)24(8-9-24)15-5-7-18-19(11-15)29-13-28-18;/h4-7,11-12,26H,8-10,13H2,1-3H3;1H. The number of ketones is 1. The maximum absolute atomic E-state index is 15.2. The van der Waals surface area contributed by atoms with Crippen LogP contribution in [-0.4, -0.2) is 17.6 Å². The topological polar surface area (TPSA) is 51.3 Å². The van der Waals surface area contributed by atoms with Gasteiger partial charge in [0.1, 0.15) is 11.6 Å². The fraction of sp³-hybridized carbons (Fsp3) is 0.375. The normalized spacial score (nSPS) is 17.0. The van der Waals surface area contributed by atoms with E-state index in [9.17, 15) is 4.79 Å². The van der Waals surface area contributed by atoms with Crippen LogP contribution in [0, 0.1) is 5.82 Å². The largest absolute Gasteiger partial charge is 0.454 e. The SMILES string of the molecule is CC(C)(C)c1cc2c(F)c(CC(=O)C3(c4ccc5c(c4)OCO5)CC3)ccc2[nH]1.[HH]. The molecule has 1 fully saturated rings. The van der Waals surface area contributed by atoms with Crippen molar-refractivity contribution in [3.8, 4) is 11.5 Å². The first-order chi connectivity index (χ1) is 13.8. The molecular weight excluding hydrogens is 369 g/mol. The predicted octanol–water partition coefficient (Wildman–Crippen LogP) is 5.42. The van der Waals surface area contributed by atoms with Gasteiger partial charge in [-0.2, -0.15) is 0 Å². The molecule has 1 N–H and O–H groups in total. The summed E-state index contributed by atoms with van der Waals surface area (Å²) in [5.74, 6) is 1.14. The number of carbonyl (C=O) groups is 1. The Hall–Kier alpha value is -2.82. The smallest absolute Gasteiger partial charge is 0.231 e. The Morgan fingerprint density at radius 2 is 1.90 bits per heavy atom. The van der Waals surface area contributed by atoms with Gasteiger partial charge in [-0.3, -0.25) is 4.79 Å². The first-order valence-electron chi connectivity index (χ1n) is 10.0. The molecule has 2 aromatic carbocycles. The van der Waals surface area contributed by atoms with Crippen molar-refractivity contribution in [2.24, 2.45) is 0 Å². The minimum atomic E-state index is -0.531. The van der Waals surface area contributed by atoms with Crippen molar-refractivity contribution in [2.45, 2.75) is 50.9 Å². The van der Waals surface area contributed by atoms with E-state index in [1.54, 1.807) is 6.07 Å². The number of nitrogens with one attached hydrogen (secondary N) is 1. The van der Waals surface area contributed by atoms with Crippen LogP contribution in [0.4, 0.5) is 4.39 Å². The van der Waals surface area contributed by atoms with Crippen molar-refractivity contribution in [1.29, 1.82) is 0 Å². The average molecular weight is 395 g/mol. The number of aromatic amines is 1. The highest BCUT2D eigenvalue weighted by Gasteiger charge is 2.51. The van der Waals surface area contributed by atoms with Crippen LogP contribution >= 0.6 is 0 Å². The molecule has 3 aromatic rings. The maximum Gasteiger partial charge on any atom is 0.231 e. The molecular formula is C24H26FNO3. The fourth-order valence-electron chi connectivity index (χ4n) is 4.14. The molecule has 152 valence electrons. The second-order valence-corrected chi connectivity index (χ2v) is 9.18. The average Bonchev–Trinajstić information content (AvgIpc) is 3.14. The first kappa shape index (κ1) is 18.2. The molecule has 2 heterocycles. The Kier molecular flexibility index (Phi) is 3.83. The molecule has 0 amide bonds. The number of halogens is 1. The Morgan fingerprint density at radius 1 is 1.14 bits per heavy atom. The van der Waals surface area contributed by atoms with Crippen LogP contribution in [0.15, 0.2) is 36.4 Å². The zero-order chi connectivity index (χ0) is 20.4. The van der Waals surface area contributed by atoms with Gasteiger partial charge in [-0.25, -0.2) is 4.39 Å². The Bertz CT molecular complexity index is 1140. The van der Waals surface area contributed by atoms with E-state index in [0.717, 1.165) is 29.6 Å². The number of ether oxygens (including phenoxy) is 2. The van der Waals surface area contributed by atoms with Gasteiger partial charge >= 0.3 is 0 Å². The lowest BCUT2D eigenvalue weighted by molar-refractivity contribution is -0.120. The lowest BCUT2D eigenvalue weighted by Crippen LogP contribution is -2.23. The Morgan fingerprint density at radius 3 is 2.62 bits per heavy atom. The Labute approximate surface area is 170 Å². The van der Waals surface area contributed by atoms with Crippen molar-refractivity contribution < 1.29 is 20.1 Å². The molecule has 0 saturated heterocycles. The molecule has 1 aliphatic heterocycles. The number of benzene rings is 2. The summed E-state index contributed by atoms with van der Waals surface area (Å²) in [6.07, 6.45) is 1.66. The monoisotopic (exact) mass is 395 g/mol. The van der Waals surface area contributed by atoms with Gasteiger partial charge in [-0.1, -0.05) is 32.9 Å². The van der Waals surface area contributed by atoms with Crippen molar-refractivity contribution in [2.75, 3.05) is 6.79 Å². The van der Waals surface area contributed by atoms with Crippen LogP contribution < -0.4 is 9.47 Å². The molecule has 0 radical (unpaired) electrons. The number of H-pyrrole nitrogens is 1. The van der Waals surface area contributed by atoms with E-state index in [0.29, 0.717) is 22.4 Å². The summed E-state index contributed by atoms with van der Waals surface area (Å²) >= 11 is 0. The highest BCUT2D eigenvalue weighted by Crippen LogP contribution is 2.51. The van der Waals surface area contributed by atoms with Crippen molar-refractivity contribution in [3.63, 3.8) is 0 Å². The lowest BCUT2D eigenvalue weighted by Gasteiger charge is -2.15. The highest BCUT2D eigenvalue weighted by atomic mass is 19.1. The number of rotatable bonds is 4. The van der Waals surface area contributed by atoms with Crippen molar-refractivity contribution in [1.82, 2.24) is 4.98 Å². The third-order valence-electron chi connectivity index (χ3n) is 6.19. The van der Waals surface area contributed by atoms with Crippen LogP contribution in [0.3, 0.4) is 0 Å². The van der Waals surface area contributed by atoms with Gasteiger partial charge in [0.2, 0.25) is 6.79 Å². The maximum atomic E-state index is 15.2. The van der Waals surface area contributed by atoms with Gasteiger partial charge in [0.05, 0.1) is 5.41 Å². The second-order valence-electron chi connectivity index (χ2n) is 9.18. The Balaban J connectivity index is 0.00000218. The van der Waals surface area contributed by atoms with Gasteiger partial charge in [0.25, 0.3) is 0 Å². The molecule has 5 heteroatoms. The number of Topliss-reactive ketones (excluding diaryl/α,β-unsaturated/α-hetero) is 1. The number of hydrogen-bond donors (Lipinski definition) is 1. The number of carbonyl (C=O) groups excluding carboxylic acids is 1. The lowest BCUT2D eigenvalue weighted by atomic mass is 9.87. The van der Waals surface area contributed by atoms with Crippen molar-refractivity contribution in [3.05, 3.63) is 59.0 Å². The van der Waals surface area contributed by atoms with Gasteiger partial charge in [0.15, 0.2) is 11.5 Å². The molecule has 0 bridgehead atoms. The van der Waals surface area contributed by atoms with Crippen LogP contribution in [0.2, 0.25) is 0 Å². The quantitative estimate of drug-likeness (QED) is 0.641. The summed E-state index contributed by atoms with van der Waals surface area (Å²) in [5, 5.41) is 0.549. The zero-order valence-corrected chi connectivity index (χ0v) is 16.9. The minimum Gasteiger partial charge on any atom is -0.454 e. The molecule has 4 nitrogen and oxygen atoms in total. The minimum absolute atomic E-state index is 0. The van der Waals surface area contributed by atoms with Crippen LogP contribution in [0.25, 0.3) is 10.9 Å². The highest BCUT2D eigenvalue weighted by molar-refractivity contribution is 5.95. The summed E-state index contributed by atoms with van der Waals surface area (Å²) in [5.41, 5.74) is 2.50. The first-order valence-corrected chi connectivity index (χ1v) is 10.0. The van der Waals surface area contributed by atoms with Crippen LogP contribution in [0.1, 0.15) is 51.9 Å². The third-order valence-corrected chi connectivity index (χ3v) is 6.19. The molecule has 1 saturated carbocycles. The summed E-state index contributed by atoms with van der Waals surface area (Å²) in [6.45, 7) is 6.46. The predicted molar refractivity (Wildman–Crippen MR) is 111 cm³/mol. The molecule has 0 atom stereocenters. The van der Waals surface area contributed by atoms with E-state index in [4.69, 9.17) is 9.47 Å². The summed E-state index contributed by atoms with van der Waals surface area (Å²) in [6, 6.07) is 11.1. The number of fused-ring (bicyclic) bond motifs is 2. The second kappa shape index (κ2) is 6.09. The van der Waals surface area contributed by atoms with Crippen LogP contribution in [-0.2, 0) is 22.0 Å². The van der Waals surface area contributed by atoms with Gasteiger partial charge in [-0.15, -0.1) is 0 Å². The van der Waals surface area contributed by atoms with E-state index < -0.39 is 5.41 Å². The van der Waals surface area contributed by atoms with E-state index in [1.165, 1.54) is 0 Å². The number of hydrogen-bond acceptors (Lipinski definition) is 3. The molecule has 29 heavy (non-hydrogen) atoms.